The van der Waals surface area contributed by atoms with E-state index in [2.05, 4.69) is 4.90 Å². The van der Waals surface area contributed by atoms with Crippen LogP contribution in [0.3, 0.4) is 0 Å². The van der Waals surface area contributed by atoms with Gasteiger partial charge in [0, 0.05) is 11.6 Å². The molecule has 23 heavy (non-hydrogen) atoms. The van der Waals surface area contributed by atoms with Gasteiger partial charge in [0.2, 0.25) is 6.41 Å². The minimum absolute atomic E-state index is 0.240. The predicted octanol–water partition coefficient (Wildman–Crippen LogP) is 3.11. The van der Waals surface area contributed by atoms with Crippen molar-refractivity contribution in [3.63, 3.8) is 0 Å². The first kappa shape index (κ1) is 15.3. The van der Waals surface area contributed by atoms with Crippen LogP contribution in [0, 0.1) is 5.92 Å². The molecule has 5 heteroatoms. The molecule has 0 saturated carbocycles. The van der Waals surface area contributed by atoms with Crippen LogP contribution >= 0.6 is 11.6 Å². The van der Waals surface area contributed by atoms with Crippen LogP contribution in [-0.4, -0.2) is 43.6 Å². The van der Waals surface area contributed by atoms with E-state index in [-0.39, 0.29) is 6.04 Å². The highest BCUT2D eigenvalue weighted by Gasteiger charge is 2.38. The number of nitrogens with zero attached hydrogens (tertiary/aromatic N) is 2. The van der Waals surface area contributed by atoms with Gasteiger partial charge in [0.05, 0.1) is 18.3 Å². The average molecular weight is 335 g/mol. The third-order valence-corrected chi connectivity index (χ3v) is 5.79. The zero-order valence-corrected chi connectivity index (χ0v) is 14.1. The Morgan fingerprint density at radius 2 is 2.09 bits per heavy atom. The number of anilines is 1. The van der Waals surface area contributed by atoms with E-state index in [9.17, 15) is 4.79 Å². The summed E-state index contributed by atoms with van der Waals surface area (Å²) in [7, 11) is 0. The van der Waals surface area contributed by atoms with Crippen molar-refractivity contribution in [2.75, 3.05) is 31.1 Å². The summed E-state index contributed by atoms with van der Waals surface area (Å²) in [6.07, 6.45) is 6.46. The van der Waals surface area contributed by atoms with Gasteiger partial charge in [-0.15, -0.1) is 0 Å². The highest BCUT2D eigenvalue weighted by molar-refractivity contribution is 6.31. The first-order valence-corrected chi connectivity index (χ1v) is 9.05. The van der Waals surface area contributed by atoms with Crippen LogP contribution in [0.5, 0.6) is 5.75 Å². The molecule has 1 unspecified atom stereocenters. The predicted molar refractivity (Wildman–Crippen MR) is 91.4 cm³/mol. The summed E-state index contributed by atoms with van der Waals surface area (Å²) in [5.74, 6) is 1.46. The van der Waals surface area contributed by atoms with Gasteiger partial charge in [-0.1, -0.05) is 11.6 Å². The Hall–Kier alpha value is -1.26. The summed E-state index contributed by atoms with van der Waals surface area (Å²) >= 11 is 6.35. The number of hydrogen-bond donors (Lipinski definition) is 0. The Bertz CT molecular complexity index is 599. The SMILES string of the molecule is O=CN(c1cc(Cl)cc2c1OCCCC2)C1CN2CCC1CC2. The minimum Gasteiger partial charge on any atom is -0.491 e. The molecule has 4 heterocycles. The average Bonchev–Trinajstić information content (AvgIpc) is 2.82. The molecule has 2 bridgehead atoms. The van der Waals surface area contributed by atoms with Crippen LogP contribution in [0.15, 0.2) is 12.1 Å². The van der Waals surface area contributed by atoms with Crippen molar-refractivity contribution in [3.05, 3.63) is 22.7 Å². The maximum Gasteiger partial charge on any atom is 0.214 e. The van der Waals surface area contributed by atoms with Gasteiger partial charge in [0.25, 0.3) is 0 Å². The molecule has 0 N–H and O–H groups in total. The van der Waals surface area contributed by atoms with Crippen molar-refractivity contribution in [3.8, 4) is 5.75 Å². The normalized spacial score (nSPS) is 29.3. The molecule has 1 amide bonds. The molecular formula is C18H23ClN2O2. The van der Waals surface area contributed by atoms with Gasteiger partial charge in [0.1, 0.15) is 5.75 Å². The molecule has 3 fully saturated rings. The number of aryl methyl sites for hydroxylation is 1. The molecule has 5 rings (SSSR count). The monoisotopic (exact) mass is 334 g/mol. The van der Waals surface area contributed by atoms with Crippen LogP contribution in [0.2, 0.25) is 5.02 Å². The molecule has 1 aromatic carbocycles. The van der Waals surface area contributed by atoms with E-state index in [0.29, 0.717) is 17.5 Å². The lowest BCUT2D eigenvalue weighted by molar-refractivity contribution is -0.108. The van der Waals surface area contributed by atoms with Crippen LogP contribution in [0.1, 0.15) is 31.2 Å². The van der Waals surface area contributed by atoms with Crippen LogP contribution < -0.4 is 9.64 Å². The Labute approximate surface area is 142 Å². The Balaban J connectivity index is 1.72. The van der Waals surface area contributed by atoms with Crippen molar-refractivity contribution in [1.29, 1.82) is 0 Å². The summed E-state index contributed by atoms with van der Waals surface area (Å²) in [5.41, 5.74) is 2.00. The summed E-state index contributed by atoms with van der Waals surface area (Å²) in [5, 5.41) is 0.692. The molecule has 1 aromatic rings. The van der Waals surface area contributed by atoms with Crippen molar-refractivity contribution < 1.29 is 9.53 Å². The van der Waals surface area contributed by atoms with E-state index in [1.165, 1.54) is 12.8 Å². The Morgan fingerprint density at radius 3 is 2.78 bits per heavy atom. The molecule has 0 aromatic heterocycles. The number of rotatable bonds is 3. The molecule has 4 nitrogen and oxygen atoms in total. The molecule has 0 spiro atoms. The number of halogens is 1. The van der Waals surface area contributed by atoms with E-state index in [1.807, 2.05) is 17.0 Å². The lowest BCUT2D eigenvalue weighted by Gasteiger charge is -2.48. The van der Waals surface area contributed by atoms with Gasteiger partial charge in [-0.25, -0.2) is 0 Å². The second-order valence-electron chi connectivity index (χ2n) is 6.94. The van der Waals surface area contributed by atoms with E-state index in [1.54, 1.807) is 0 Å². The van der Waals surface area contributed by atoms with E-state index in [0.717, 1.165) is 62.3 Å². The molecule has 0 aliphatic carbocycles. The van der Waals surface area contributed by atoms with Crippen LogP contribution in [0.25, 0.3) is 0 Å². The van der Waals surface area contributed by atoms with Gasteiger partial charge < -0.3 is 14.5 Å². The van der Waals surface area contributed by atoms with E-state index in [4.69, 9.17) is 16.3 Å². The van der Waals surface area contributed by atoms with Gasteiger partial charge >= 0.3 is 0 Å². The van der Waals surface area contributed by atoms with Gasteiger partial charge in [-0.2, -0.15) is 0 Å². The third-order valence-electron chi connectivity index (χ3n) is 5.57. The molecule has 3 saturated heterocycles. The molecule has 1 atom stereocenters. The summed E-state index contributed by atoms with van der Waals surface area (Å²) in [6.45, 7) is 4.01. The zero-order valence-electron chi connectivity index (χ0n) is 13.3. The second-order valence-corrected chi connectivity index (χ2v) is 7.37. The highest BCUT2D eigenvalue weighted by Crippen LogP contribution is 2.41. The van der Waals surface area contributed by atoms with E-state index < -0.39 is 0 Å². The molecule has 4 aliphatic rings. The molecule has 4 aliphatic heterocycles. The third kappa shape index (κ3) is 2.83. The number of piperidine rings is 3. The second kappa shape index (κ2) is 6.33. The number of amides is 1. The zero-order chi connectivity index (χ0) is 15.8. The number of carbonyl (C=O) groups excluding carboxylic acids is 1. The fourth-order valence-corrected chi connectivity index (χ4v) is 4.57. The van der Waals surface area contributed by atoms with Gasteiger partial charge in [0.15, 0.2) is 0 Å². The van der Waals surface area contributed by atoms with Crippen molar-refractivity contribution in [2.45, 2.75) is 38.1 Å². The van der Waals surface area contributed by atoms with Gasteiger partial charge in [-0.05, 0) is 68.8 Å². The number of benzene rings is 1. The molecule has 0 radical (unpaired) electrons. The lowest BCUT2D eigenvalue weighted by atomic mass is 9.83. The maximum atomic E-state index is 12.0. The van der Waals surface area contributed by atoms with Crippen molar-refractivity contribution >= 4 is 23.7 Å². The summed E-state index contributed by atoms with van der Waals surface area (Å²) < 4.78 is 6.02. The summed E-state index contributed by atoms with van der Waals surface area (Å²) in [4.78, 5) is 16.3. The summed E-state index contributed by atoms with van der Waals surface area (Å²) in [6, 6.07) is 4.13. The number of fused-ring (bicyclic) bond motifs is 4. The number of hydrogen-bond acceptors (Lipinski definition) is 3. The smallest absolute Gasteiger partial charge is 0.214 e. The quantitative estimate of drug-likeness (QED) is 0.796. The first-order valence-electron chi connectivity index (χ1n) is 8.67. The first-order chi connectivity index (χ1) is 11.3. The van der Waals surface area contributed by atoms with E-state index >= 15 is 0 Å². The van der Waals surface area contributed by atoms with Crippen molar-refractivity contribution in [1.82, 2.24) is 4.90 Å². The Kier molecular flexibility index (Phi) is 4.20. The molecular weight excluding hydrogens is 312 g/mol. The standard InChI is InChI=1S/C18H23ClN2O2/c19-15-9-14-3-1-2-8-23-18(14)16(10-15)21(12-22)17-11-20-6-4-13(17)5-7-20/h9-10,12-13,17H,1-8,11H2. The van der Waals surface area contributed by atoms with Crippen molar-refractivity contribution in [2.24, 2.45) is 5.92 Å². The minimum atomic E-state index is 0.240. The highest BCUT2D eigenvalue weighted by atomic mass is 35.5. The maximum absolute atomic E-state index is 12.0. The molecule has 124 valence electrons. The fraction of sp³-hybridized carbons (Fsp3) is 0.611. The number of ether oxygens (including phenoxy) is 1. The number of carbonyl (C=O) groups is 1. The van der Waals surface area contributed by atoms with Crippen LogP contribution in [-0.2, 0) is 11.2 Å². The fourth-order valence-electron chi connectivity index (χ4n) is 4.33. The topological polar surface area (TPSA) is 32.8 Å². The Morgan fingerprint density at radius 1 is 1.26 bits per heavy atom. The lowest BCUT2D eigenvalue weighted by Crippen LogP contribution is -2.57. The van der Waals surface area contributed by atoms with Crippen LogP contribution in [0.4, 0.5) is 5.69 Å². The van der Waals surface area contributed by atoms with Gasteiger partial charge in [-0.3, -0.25) is 4.79 Å². The largest absolute Gasteiger partial charge is 0.491 e.